The average Bonchev–Trinajstić information content (AvgIpc) is 2.86. The first-order valence-electron chi connectivity index (χ1n) is 5.96. The number of rotatable bonds is 4. The molecular weight excluding hydrogens is 218 g/mol. The molecule has 1 atom stereocenters. The number of nitrogens with zero attached hydrogens (tertiary/aromatic N) is 4. The van der Waals surface area contributed by atoms with Crippen molar-refractivity contribution in [1.82, 2.24) is 25.0 Å². The van der Waals surface area contributed by atoms with E-state index >= 15 is 0 Å². The van der Waals surface area contributed by atoms with Gasteiger partial charge in [-0.25, -0.2) is 9.67 Å². The molecule has 0 aromatic carbocycles. The van der Waals surface area contributed by atoms with E-state index in [1.807, 2.05) is 11.7 Å². The largest absolute Gasteiger partial charge is 0.344 e. The number of carbonyl (C=O) groups is 1. The molecule has 1 N–H and O–H groups in total. The number of amides is 1. The van der Waals surface area contributed by atoms with Crippen molar-refractivity contribution < 1.29 is 4.79 Å². The maximum atomic E-state index is 11.7. The molecule has 2 rings (SSSR count). The van der Waals surface area contributed by atoms with Gasteiger partial charge in [0.2, 0.25) is 5.91 Å². The number of hydrogen-bond acceptors (Lipinski definition) is 4. The molecule has 0 bridgehead atoms. The van der Waals surface area contributed by atoms with Gasteiger partial charge in [-0.05, 0) is 20.3 Å². The Bertz CT molecular complexity index is 400. The first kappa shape index (κ1) is 12.0. The van der Waals surface area contributed by atoms with Crippen LogP contribution in [-0.2, 0) is 11.3 Å². The minimum absolute atomic E-state index is 0.0719. The van der Waals surface area contributed by atoms with Gasteiger partial charge in [0.05, 0.1) is 12.6 Å². The summed E-state index contributed by atoms with van der Waals surface area (Å²) in [6.45, 7) is 5.54. The summed E-state index contributed by atoms with van der Waals surface area (Å²) in [5.74, 6) is 1.04. The lowest BCUT2D eigenvalue weighted by Crippen LogP contribution is -2.37. The third-order valence-electron chi connectivity index (χ3n) is 3.07. The molecule has 0 aliphatic carbocycles. The van der Waals surface area contributed by atoms with Crippen LogP contribution >= 0.6 is 0 Å². The number of hydrogen-bond donors (Lipinski definition) is 1. The lowest BCUT2D eigenvalue weighted by atomic mass is 10.2. The molecule has 6 heteroatoms. The van der Waals surface area contributed by atoms with Crippen molar-refractivity contribution in [2.45, 2.75) is 38.9 Å². The smallest absolute Gasteiger partial charge is 0.239 e. The molecule has 1 aromatic rings. The summed E-state index contributed by atoms with van der Waals surface area (Å²) in [5.41, 5.74) is 0. The summed E-state index contributed by atoms with van der Waals surface area (Å²) in [7, 11) is 1.83. The van der Waals surface area contributed by atoms with Crippen molar-refractivity contribution in [2.24, 2.45) is 0 Å². The molecule has 1 unspecified atom stereocenters. The highest BCUT2D eigenvalue weighted by Crippen LogP contribution is 2.10. The molecule has 0 spiro atoms. The van der Waals surface area contributed by atoms with Gasteiger partial charge in [-0.15, -0.1) is 0 Å². The molecule has 1 amide bonds. The first-order chi connectivity index (χ1) is 8.09. The van der Waals surface area contributed by atoms with Gasteiger partial charge in [-0.2, -0.15) is 5.10 Å². The van der Waals surface area contributed by atoms with E-state index < -0.39 is 0 Å². The van der Waals surface area contributed by atoms with Gasteiger partial charge in [0.15, 0.2) is 0 Å². The lowest BCUT2D eigenvalue weighted by Gasteiger charge is -2.13. The van der Waals surface area contributed by atoms with E-state index in [4.69, 9.17) is 0 Å². The van der Waals surface area contributed by atoms with Crippen LogP contribution in [0.1, 0.15) is 32.1 Å². The SMILES string of the molecule is CC(C)n1ncnc1CNC1CCN(C)C1=O. The van der Waals surface area contributed by atoms with Crippen LogP contribution in [0.4, 0.5) is 0 Å². The molecule has 1 aliphatic heterocycles. The van der Waals surface area contributed by atoms with E-state index in [1.54, 1.807) is 11.2 Å². The molecule has 0 saturated carbocycles. The topological polar surface area (TPSA) is 63.1 Å². The monoisotopic (exact) mass is 237 g/mol. The zero-order valence-corrected chi connectivity index (χ0v) is 10.6. The Morgan fingerprint density at radius 1 is 1.59 bits per heavy atom. The van der Waals surface area contributed by atoms with Crippen LogP contribution in [0.5, 0.6) is 0 Å². The number of aromatic nitrogens is 3. The molecule has 2 heterocycles. The van der Waals surface area contributed by atoms with Crippen LogP contribution in [0, 0.1) is 0 Å². The second-order valence-corrected chi connectivity index (χ2v) is 4.70. The Kier molecular flexibility index (Phi) is 3.42. The summed E-state index contributed by atoms with van der Waals surface area (Å²) < 4.78 is 1.87. The zero-order chi connectivity index (χ0) is 12.4. The Morgan fingerprint density at radius 3 is 2.94 bits per heavy atom. The van der Waals surface area contributed by atoms with Gasteiger partial charge in [0.1, 0.15) is 12.2 Å². The maximum Gasteiger partial charge on any atom is 0.239 e. The number of carbonyl (C=O) groups excluding carboxylic acids is 1. The van der Waals surface area contributed by atoms with Crippen molar-refractivity contribution in [1.29, 1.82) is 0 Å². The van der Waals surface area contributed by atoms with Crippen molar-refractivity contribution >= 4 is 5.91 Å². The molecule has 1 fully saturated rings. The maximum absolute atomic E-state index is 11.7. The second kappa shape index (κ2) is 4.83. The van der Waals surface area contributed by atoms with Gasteiger partial charge in [0.25, 0.3) is 0 Å². The number of likely N-dealkylation sites (N-methyl/N-ethyl adjacent to an activating group) is 1. The molecule has 1 aromatic heterocycles. The lowest BCUT2D eigenvalue weighted by molar-refractivity contribution is -0.128. The zero-order valence-electron chi connectivity index (χ0n) is 10.6. The highest BCUT2D eigenvalue weighted by molar-refractivity contribution is 5.83. The summed E-state index contributed by atoms with van der Waals surface area (Å²) >= 11 is 0. The van der Waals surface area contributed by atoms with Crippen LogP contribution in [0.3, 0.4) is 0 Å². The van der Waals surface area contributed by atoms with Crippen LogP contribution in [0.2, 0.25) is 0 Å². The van der Waals surface area contributed by atoms with Crippen molar-refractivity contribution in [3.63, 3.8) is 0 Å². The highest BCUT2D eigenvalue weighted by atomic mass is 16.2. The van der Waals surface area contributed by atoms with E-state index in [0.29, 0.717) is 6.54 Å². The van der Waals surface area contributed by atoms with Gasteiger partial charge < -0.3 is 4.90 Å². The molecule has 6 nitrogen and oxygen atoms in total. The fraction of sp³-hybridized carbons (Fsp3) is 0.727. The van der Waals surface area contributed by atoms with Gasteiger partial charge in [0, 0.05) is 19.6 Å². The quantitative estimate of drug-likeness (QED) is 0.811. The Hall–Kier alpha value is -1.43. The summed E-state index contributed by atoms with van der Waals surface area (Å²) in [4.78, 5) is 17.7. The Balaban J connectivity index is 1.94. The summed E-state index contributed by atoms with van der Waals surface area (Å²) in [6, 6.07) is 0.216. The predicted octanol–water partition coefficient (Wildman–Crippen LogP) is 0.179. The molecule has 94 valence electrons. The minimum atomic E-state index is -0.0719. The van der Waals surface area contributed by atoms with Crippen molar-refractivity contribution in [2.75, 3.05) is 13.6 Å². The van der Waals surface area contributed by atoms with Gasteiger partial charge >= 0.3 is 0 Å². The molecule has 17 heavy (non-hydrogen) atoms. The van der Waals surface area contributed by atoms with E-state index in [-0.39, 0.29) is 18.0 Å². The highest BCUT2D eigenvalue weighted by Gasteiger charge is 2.28. The van der Waals surface area contributed by atoms with Crippen LogP contribution in [0.25, 0.3) is 0 Å². The third kappa shape index (κ3) is 2.46. The minimum Gasteiger partial charge on any atom is -0.344 e. The third-order valence-corrected chi connectivity index (χ3v) is 3.07. The summed E-state index contributed by atoms with van der Waals surface area (Å²) in [6.07, 6.45) is 2.42. The van der Waals surface area contributed by atoms with Crippen molar-refractivity contribution in [3.05, 3.63) is 12.2 Å². The molecule has 0 radical (unpaired) electrons. The van der Waals surface area contributed by atoms with Gasteiger partial charge in [-0.3, -0.25) is 10.1 Å². The molecule has 1 saturated heterocycles. The van der Waals surface area contributed by atoms with E-state index in [9.17, 15) is 4.79 Å². The van der Waals surface area contributed by atoms with E-state index in [1.165, 1.54) is 0 Å². The van der Waals surface area contributed by atoms with Crippen LogP contribution in [-0.4, -0.2) is 45.2 Å². The fourth-order valence-electron chi connectivity index (χ4n) is 2.06. The molecule has 1 aliphatic rings. The fourth-order valence-corrected chi connectivity index (χ4v) is 2.06. The van der Waals surface area contributed by atoms with E-state index in [2.05, 4.69) is 29.2 Å². The van der Waals surface area contributed by atoms with E-state index in [0.717, 1.165) is 18.8 Å². The summed E-state index contributed by atoms with van der Waals surface area (Å²) in [5, 5.41) is 7.41. The predicted molar refractivity (Wildman–Crippen MR) is 63.3 cm³/mol. The van der Waals surface area contributed by atoms with Gasteiger partial charge in [-0.1, -0.05) is 0 Å². The average molecular weight is 237 g/mol. The Labute approximate surface area is 101 Å². The van der Waals surface area contributed by atoms with Crippen molar-refractivity contribution in [3.8, 4) is 0 Å². The normalized spacial score (nSPS) is 20.6. The number of likely N-dealkylation sites (tertiary alicyclic amines) is 1. The standard InChI is InChI=1S/C11H19N5O/c1-8(2)16-10(13-7-14-16)6-12-9-4-5-15(3)11(9)17/h7-9,12H,4-6H2,1-3H3. The number of nitrogens with one attached hydrogen (secondary N) is 1. The van der Waals surface area contributed by atoms with Crippen LogP contribution < -0.4 is 5.32 Å². The molecular formula is C11H19N5O. The van der Waals surface area contributed by atoms with Crippen LogP contribution in [0.15, 0.2) is 6.33 Å². The second-order valence-electron chi connectivity index (χ2n) is 4.70. The first-order valence-corrected chi connectivity index (χ1v) is 5.96. The Morgan fingerprint density at radius 2 is 2.35 bits per heavy atom.